The number of nitrogens with zero attached hydrogens (tertiary/aromatic N) is 1. The predicted octanol–water partition coefficient (Wildman–Crippen LogP) is 4.28. The van der Waals surface area contributed by atoms with E-state index in [1.807, 2.05) is 30.3 Å². The highest BCUT2D eigenvalue weighted by molar-refractivity contribution is 5.88. The van der Waals surface area contributed by atoms with E-state index in [0.717, 1.165) is 18.0 Å². The minimum absolute atomic E-state index is 0.417. The fourth-order valence-electron chi connectivity index (χ4n) is 2.29. The molecule has 1 heterocycles. The fraction of sp³-hybridized carbons (Fsp3) is 0.0526. The van der Waals surface area contributed by atoms with Crippen molar-refractivity contribution in [3.63, 3.8) is 0 Å². The summed E-state index contributed by atoms with van der Waals surface area (Å²) >= 11 is 0. The Hall–Kier alpha value is -3.01. The molecule has 0 amide bonds. The third-order valence-corrected chi connectivity index (χ3v) is 3.41. The van der Waals surface area contributed by atoms with E-state index in [4.69, 9.17) is 4.74 Å². The average Bonchev–Trinajstić information content (AvgIpc) is 2.60. The van der Waals surface area contributed by atoms with Crippen LogP contribution in [-0.4, -0.2) is 11.3 Å². The van der Waals surface area contributed by atoms with Crippen molar-refractivity contribution in [1.82, 2.24) is 4.98 Å². The summed E-state index contributed by atoms with van der Waals surface area (Å²) < 4.78 is 19.0. The van der Waals surface area contributed by atoms with Crippen LogP contribution in [0.15, 0.2) is 67.0 Å². The molecule has 0 atom stereocenters. The van der Waals surface area contributed by atoms with Crippen molar-refractivity contribution >= 4 is 6.29 Å². The third-order valence-electron chi connectivity index (χ3n) is 3.41. The highest BCUT2D eigenvalue weighted by Gasteiger charge is 2.08. The Kier molecular flexibility index (Phi) is 4.43. The Morgan fingerprint density at radius 2 is 1.87 bits per heavy atom. The van der Waals surface area contributed by atoms with Crippen LogP contribution < -0.4 is 4.74 Å². The number of hydrogen-bond acceptors (Lipinski definition) is 3. The zero-order valence-electron chi connectivity index (χ0n) is 12.3. The number of pyridine rings is 1. The summed E-state index contributed by atoms with van der Waals surface area (Å²) in [7, 11) is 0. The molecule has 0 bridgehead atoms. The number of halogens is 1. The van der Waals surface area contributed by atoms with Crippen LogP contribution in [0.5, 0.6) is 5.75 Å². The number of carbonyl (C=O) groups is 1. The van der Waals surface area contributed by atoms with E-state index in [0.29, 0.717) is 29.0 Å². The lowest BCUT2D eigenvalue weighted by Crippen LogP contribution is -1.97. The summed E-state index contributed by atoms with van der Waals surface area (Å²) in [4.78, 5) is 15.2. The Labute approximate surface area is 133 Å². The highest BCUT2D eigenvalue weighted by atomic mass is 19.1. The lowest BCUT2D eigenvalue weighted by atomic mass is 10.0. The van der Waals surface area contributed by atoms with Crippen molar-refractivity contribution in [2.24, 2.45) is 0 Å². The van der Waals surface area contributed by atoms with Gasteiger partial charge in [0.1, 0.15) is 18.2 Å². The number of hydrogen-bond donors (Lipinski definition) is 0. The van der Waals surface area contributed by atoms with Gasteiger partial charge in [0.2, 0.25) is 0 Å². The van der Waals surface area contributed by atoms with Crippen molar-refractivity contribution < 1.29 is 13.9 Å². The molecule has 0 aliphatic rings. The van der Waals surface area contributed by atoms with Crippen molar-refractivity contribution in [3.05, 3.63) is 83.9 Å². The quantitative estimate of drug-likeness (QED) is 0.660. The molecule has 3 rings (SSSR count). The summed E-state index contributed by atoms with van der Waals surface area (Å²) in [6.07, 6.45) is 3.38. The molecule has 0 saturated heterocycles. The topological polar surface area (TPSA) is 39.2 Å². The van der Waals surface area contributed by atoms with Gasteiger partial charge >= 0.3 is 0 Å². The lowest BCUT2D eigenvalue weighted by Gasteiger charge is -2.10. The lowest BCUT2D eigenvalue weighted by molar-refractivity contribution is 0.112. The molecular weight excluding hydrogens is 293 g/mol. The second-order valence-corrected chi connectivity index (χ2v) is 5.03. The first kappa shape index (κ1) is 14.9. The highest BCUT2D eigenvalue weighted by Crippen LogP contribution is 2.26. The molecule has 114 valence electrons. The standard InChI is InChI=1S/C19H14FNO2/c20-17-8-15(10-21-11-17)19-7-6-18(9-16(19)12-22)23-13-14-4-2-1-3-5-14/h1-12H,13H2. The summed E-state index contributed by atoms with van der Waals surface area (Å²) in [6, 6.07) is 16.2. The Balaban J connectivity index is 1.83. The number of rotatable bonds is 5. The molecule has 1 aromatic heterocycles. The zero-order chi connectivity index (χ0) is 16.1. The number of aldehydes is 1. The normalized spacial score (nSPS) is 10.3. The van der Waals surface area contributed by atoms with Crippen molar-refractivity contribution in [3.8, 4) is 16.9 Å². The Bertz CT molecular complexity index is 819. The average molecular weight is 307 g/mol. The van der Waals surface area contributed by atoms with Crippen molar-refractivity contribution in [2.45, 2.75) is 6.61 Å². The van der Waals surface area contributed by atoms with Gasteiger partial charge in [-0.3, -0.25) is 9.78 Å². The van der Waals surface area contributed by atoms with Gasteiger partial charge in [-0.1, -0.05) is 30.3 Å². The minimum atomic E-state index is -0.441. The molecule has 0 aliphatic heterocycles. The van der Waals surface area contributed by atoms with Crippen LogP contribution >= 0.6 is 0 Å². The summed E-state index contributed by atoms with van der Waals surface area (Å²) in [6.45, 7) is 0.417. The van der Waals surface area contributed by atoms with Crippen LogP contribution in [0.1, 0.15) is 15.9 Å². The predicted molar refractivity (Wildman–Crippen MR) is 85.8 cm³/mol. The van der Waals surface area contributed by atoms with Gasteiger partial charge in [-0.2, -0.15) is 0 Å². The van der Waals surface area contributed by atoms with Gasteiger partial charge in [0.15, 0.2) is 6.29 Å². The number of carbonyl (C=O) groups excluding carboxylic acids is 1. The first-order valence-electron chi connectivity index (χ1n) is 7.13. The zero-order valence-corrected chi connectivity index (χ0v) is 12.3. The Morgan fingerprint density at radius 1 is 1.04 bits per heavy atom. The van der Waals surface area contributed by atoms with Crippen molar-refractivity contribution in [1.29, 1.82) is 0 Å². The molecular formula is C19H14FNO2. The van der Waals surface area contributed by atoms with Crippen LogP contribution in [0.2, 0.25) is 0 Å². The number of ether oxygens (including phenoxy) is 1. The van der Waals surface area contributed by atoms with Gasteiger partial charge in [0.25, 0.3) is 0 Å². The molecule has 0 spiro atoms. The van der Waals surface area contributed by atoms with Gasteiger partial charge in [-0.15, -0.1) is 0 Å². The SMILES string of the molecule is O=Cc1cc(OCc2ccccc2)ccc1-c1cncc(F)c1. The first-order chi connectivity index (χ1) is 11.3. The van der Waals surface area contributed by atoms with E-state index in [2.05, 4.69) is 4.98 Å². The van der Waals surface area contributed by atoms with Crippen LogP contribution in [0.4, 0.5) is 4.39 Å². The van der Waals surface area contributed by atoms with E-state index in [9.17, 15) is 9.18 Å². The van der Waals surface area contributed by atoms with Crippen LogP contribution in [0.3, 0.4) is 0 Å². The molecule has 0 saturated carbocycles. The van der Waals surface area contributed by atoms with Gasteiger partial charge in [0, 0.05) is 17.3 Å². The van der Waals surface area contributed by atoms with E-state index >= 15 is 0 Å². The maximum Gasteiger partial charge on any atom is 0.150 e. The van der Waals surface area contributed by atoms with E-state index in [1.165, 1.54) is 12.3 Å². The molecule has 0 radical (unpaired) electrons. The molecule has 2 aromatic carbocycles. The summed E-state index contributed by atoms with van der Waals surface area (Å²) in [5.41, 5.74) is 2.65. The molecule has 0 aliphatic carbocycles. The Morgan fingerprint density at radius 3 is 2.61 bits per heavy atom. The number of benzene rings is 2. The largest absolute Gasteiger partial charge is 0.489 e. The number of aromatic nitrogens is 1. The second kappa shape index (κ2) is 6.83. The first-order valence-corrected chi connectivity index (χ1v) is 7.13. The molecule has 0 unspecified atom stereocenters. The maximum atomic E-state index is 13.3. The van der Waals surface area contributed by atoms with Crippen LogP contribution in [0.25, 0.3) is 11.1 Å². The van der Waals surface area contributed by atoms with Crippen molar-refractivity contribution in [2.75, 3.05) is 0 Å². The van der Waals surface area contributed by atoms with E-state index in [-0.39, 0.29) is 0 Å². The molecule has 3 nitrogen and oxygen atoms in total. The second-order valence-electron chi connectivity index (χ2n) is 5.03. The molecule has 0 N–H and O–H groups in total. The monoisotopic (exact) mass is 307 g/mol. The summed E-state index contributed by atoms with van der Waals surface area (Å²) in [5, 5.41) is 0. The van der Waals surface area contributed by atoms with Gasteiger partial charge in [0.05, 0.1) is 6.20 Å². The van der Waals surface area contributed by atoms with E-state index in [1.54, 1.807) is 18.2 Å². The smallest absolute Gasteiger partial charge is 0.150 e. The fourth-order valence-corrected chi connectivity index (χ4v) is 2.29. The maximum absolute atomic E-state index is 13.3. The molecule has 3 aromatic rings. The molecule has 23 heavy (non-hydrogen) atoms. The van der Waals surface area contributed by atoms with E-state index < -0.39 is 5.82 Å². The van der Waals surface area contributed by atoms with Crippen LogP contribution in [-0.2, 0) is 6.61 Å². The summed E-state index contributed by atoms with van der Waals surface area (Å²) in [5.74, 6) is 0.146. The minimum Gasteiger partial charge on any atom is -0.489 e. The van der Waals surface area contributed by atoms with Gasteiger partial charge in [-0.25, -0.2) is 4.39 Å². The van der Waals surface area contributed by atoms with Crippen LogP contribution in [0, 0.1) is 5.82 Å². The third kappa shape index (κ3) is 3.61. The molecule has 4 heteroatoms. The van der Waals surface area contributed by atoms with Gasteiger partial charge < -0.3 is 4.74 Å². The molecule has 0 fully saturated rings. The van der Waals surface area contributed by atoms with Gasteiger partial charge in [-0.05, 0) is 35.4 Å².